The van der Waals surface area contributed by atoms with Crippen LogP contribution >= 0.6 is 0 Å². The Labute approximate surface area is 118 Å². The first-order valence-electron chi connectivity index (χ1n) is 6.87. The molecule has 2 atom stereocenters. The quantitative estimate of drug-likeness (QED) is 0.833. The first-order valence-corrected chi connectivity index (χ1v) is 6.87. The predicted molar refractivity (Wildman–Crippen MR) is 73.6 cm³/mol. The normalized spacial score (nSPS) is 21.4. The van der Waals surface area contributed by atoms with E-state index in [2.05, 4.69) is 23.9 Å². The van der Waals surface area contributed by atoms with Crippen LogP contribution in [0.15, 0.2) is 18.2 Å². The van der Waals surface area contributed by atoms with Gasteiger partial charge in [0.15, 0.2) is 11.5 Å². The smallest absolute Gasteiger partial charge is 0.387 e. The number of methoxy groups -OCH3 is 1. The zero-order chi connectivity index (χ0) is 14.7. The molecule has 20 heavy (non-hydrogen) atoms. The van der Waals surface area contributed by atoms with Crippen molar-refractivity contribution in [2.75, 3.05) is 13.7 Å². The molecule has 1 aliphatic carbocycles. The van der Waals surface area contributed by atoms with Gasteiger partial charge in [-0.15, -0.1) is 0 Å². The van der Waals surface area contributed by atoms with Crippen LogP contribution in [0.3, 0.4) is 0 Å². The lowest BCUT2D eigenvalue weighted by atomic mass is 10.1. The van der Waals surface area contributed by atoms with E-state index in [9.17, 15) is 8.78 Å². The molecule has 0 aromatic heterocycles. The summed E-state index contributed by atoms with van der Waals surface area (Å²) in [5.41, 5.74) is 1.04. The van der Waals surface area contributed by atoms with Crippen molar-refractivity contribution in [1.29, 1.82) is 0 Å². The Balaban J connectivity index is 2.03. The van der Waals surface area contributed by atoms with E-state index in [1.807, 2.05) is 6.07 Å². The minimum atomic E-state index is -2.84. The van der Waals surface area contributed by atoms with Gasteiger partial charge in [-0.1, -0.05) is 19.9 Å². The van der Waals surface area contributed by atoms with Crippen LogP contribution in [0.4, 0.5) is 8.78 Å². The second-order valence-corrected chi connectivity index (χ2v) is 5.45. The monoisotopic (exact) mass is 285 g/mol. The topological polar surface area (TPSA) is 30.5 Å². The lowest BCUT2D eigenvalue weighted by Crippen LogP contribution is -2.25. The highest BCUT2D eigenvalue weighted by molar-refractivity contribution is 5.45. The zero-order valence-electron chi connectivity index (χ0n) is 12.0. The Morgan fingerprint density at radius 3 is 2.65 bits per heavy atom. The van der Waals surface area contributed by atoms with Crippen molar-refractivity contribution >= 4 is 0 Å². The minimum absolute atomic E-state index is 0.113. The number of ether oxygens (including phenoxy) is 2. The van der Waals surface area contributed by atoms with E-state index in [1.165, 1.54) is 7.11 Å². The van der Waals surface area contributed by atoms with E-state index in [0.29, 0.717) is 23.6 Å². The molecule has 1 saturated carbocycles. The average molecular weight is 285 g/mol. The fourth-order valence-corrected chi connectivity index (χ4v) is 2.38. The number of hydrogen-bond donors (Lipinski definition) is 1. The SMILES string of the molecule is COc1ccc(C2CC2CNC(C)C)cc1OC(F)F. The fourth-order valence-electron chi connectivity index (χ4n) is 2.38. The standard InChI is InChI=1S/C15H21F2NO2/c1-9(2)18-8-11-6-12(11)10-4-5-13(19-3)14(7-10)20-15(16)17/h4-5,7,9,11-12,15,18H,6,8H2,1-3H3. The summed E-state index contributed by atoms with van der Waals surface area (Å²) in [7, 11) is 1.44. The van der Waals surface area contributed by atoms with E-state index in [4.69, 9.17) is 4.74 Å². The molecule has 1 aromatic carbocycles. The summed E-state index contributed by atoms with van der Waals surface area (Å²) in [4.78, 5) is 0. The van der Waals surface area contributed by atoms with Crippen LogP contribution in [0.1, 0.15) is 31.7 Å². The highest BCUT2D eigenvalue weighted by Gasteiger charge is 2.38. The average Bonchev–Trinajstić information content (AvgIpc) is 3.15. The molecule has 1 fully saturated rings. The molecule has 0 heterocycles. The molecule has 1 aromatic rings. The van der Waals surface area contributed by atoms with Gasteiger partial charge in [0, 0.05) is 6.04 Å². The molecule has 5 heteroatoms. The summed E-state index contributed by atoms with van der Waals surface area (Å²) in [6.45, 7) is 2.34. The lowest BCUT2D eigenvalue weighted by molar-refractivity contribution is -0.0512. The van der Waals surface area contributed by atoms with Crippen molar-refractivity contribution in [3.05, 3.63) is 23.8 Å². The molecule has 1 aliphatic rings. The Hall–Kier alpha value is -1.36. The van der Waals surface area contributed by atoms with Gasteiger partial charge < -0.3 is 14.8 Å². The van der Waals surface area contributed by atoms with Crippen LogP contribution in [0, 0.1) is 5.92 Å². The summed E-state index contributed by atoms with van der Waals surface area (Å²) in [5.74, 6) is 1.45. The van der Waals surface area contributed by atoms with Crippen molar-refractivity contribution in [3.63, 3.8) is 0 Å². The van der Waals surface area contributed by atoms with E-state index >= 15 is 0 Å². The van der Waals surface area contributed by atoms with Crippen molar-refractivity contribution in [1.82, 2.24) is 5.32 Å². The molecule has 112 valence electrons. The van der Waals surface area contributed by atoms with Gasteiger partial charge in [-0.25, -0.2) is 0 Å². The Kier molecular flexibility index (Phi) is 4.81. The summed E-state index contributed by atoms with van der Waals surface area (Å²) in [6.07, 6.45) is 1.08. The molecule has 3 nitrogen and oxygen atoms in total. The van der Waals surface area contributed by atoms with Gasteiger partial charge in [0.25, 0.3) is 0 Å². The summed E-state index contributed by atoms with van der Waals surface area (Å²) >= 11 is 0. The van der Waals surface area contributed by atoms with Gasteiger partial charge in [-0.2, -0.15) is 8.78 Å². The molecule has 0 amide bonds. The number of benzene rings is 1. The van der Waals surface area contributed by atoms with Gasteiger partial charge in [0.2, 0.25) is 0 Å². The maximum absolute atomic E-state index is 12.4. The van der Waals surface area contributed by atoms with E-state index in [1.54, 1.807) is 12.1 Å². The van der Waals surface area contributed by atoms with Gasteiger partial charge in [0.05, 0.1) is 7.11 Å². The van der Waals surface area contributed by atoms with Crippen LogP contribution in [0.25, 0.3) is 0 Å². The fraction of sp³-hybridized carbons (Fsp3) is 0.600. The molecule has 2 rings (SSSR count). The van der Waals surface area contributed by atoms with Gasteiger partial charge in [0.1, 0.15) is 0 Å². The number of nitrogens with one attached hydrogen (secondary N) is 1. The summed E-state index contributed by atoms with van der Waals surface area (Å²) in [5, 5.41) is 3.40. The van der Waals surface area contributed by atoms with E-state index in [-0.39, 0.29) is 5.75 Å². The van der Waals surface area contributed by atoms with Gasteiger partial charge in [-0.3, -0.25) is 0 Å². The minimum Gasteiger partial charge on any atom is -0.493 e. The third kappa shape index (κ3) is 3.82. The third-order valence-corrected chi connectivity index (χ3v) is 3.54. The molecular weight excluding hydrogens is 264 g/mol. The van der Waals surface area contributed by atoms with Gasteiger partial charge >= 0.3 is 6.61 Å². The number of hydrogen-bond acceptors (Lipinski definition) is 3. The molecule has 0 saturated heterocycles. The number of rotatable bonds is 7. The Bertz CT molecular complexity index is 451. The van der Waals surface area contributed by atoms with Crippen LogP contribution < -0.4 is 14.8 Å². The zero-order valence-corrected chi connectivity index (χ0v) is 12.0. The largest absolute Gasteiger partial charge is 0.493 e. The second kappa shape index (κ2) is 6.39. The Morgan fingerprint density at radius 1 is 1.30 bits per heavy atom. The van der Waals surface area contributed by atoms with Crippen LogP contribution in [-0.2, 0) is 0 Å². The summed E-state index contributed by atoms with van der Waals surface area (Å²) in [6, 6.07) is 5.76. The van der Waals surface area contributed by atoms with Crippen LogP contribution in [-0.4, -0.2) is 26.3 Å². The van der Waals surface area contributed by atoms with Crippen LogP contribution in [0.2, 0.25) is 0 Å². The molecule has 2 unspecified atom stereocenters. The highest BCUT2D eigenvalue weighted by atomic mass is 19.3. The van der Waals surface area contributed by atoms with E-state index < -0.39 is 6.61 Å². The van der Waals surface area contributed by atoms with Crippen molar-refractivity contribution in [2.45, 2.75) is 38.8 Å². The molecule has 0 aliphatic heterocycles. The van der Waals surface area contributed by atoms with Crippen LogP contribution in [0.5, 0.6) is 11.5 Å². The number of alkyl halides is 2. The maximum Gasteiger partial charge on any atom is 0.387 e. The summed E-state index contributed by atoms with van der Waals surface area (Å²) < 4.78 is 34.3. The number of halogens is 2. The molecular formula is C15H21F2NO2. The van der Waals surface area contributed by atoms with Gasteiger partial charge in [-0.05, 0) is 42.5 Å². The predicted octanol–water partition coefficient (Wildman–Crippen LogP) is 3.40. The third-order valence-electron chi connectivity index (χ3n) is 3.54. The Morgan fingerprint density at radius 2 is 2.05 bits per heavy atom. The molecule has 0 bridgehead atoms. The molecule has 0 spiro atoms. The van der Waals surface area contributed by atoms with Crippen molar-refractivity contribution in [2.24, 2.45) is 5.92 Å². The molecule has 1 N–H and O–H groups in total. The van der Waals surface area contributed by atoms with Crippen molar-refractivity contribution in [3.8, 4) is 11.5 Å². The van der Waals surface area contributed by atoms with E-state index in [0.717, 1.165) is 18.5 Å². The highest BCUT2D eigenvalue weighted by Crippen LogP contribution is 2.48. The second-order valence-electron chi connectivity index (χ2n) is 5.45. The van der Waals surface area contributed by atoms with Crippen molar-refractivity contribution < 1.29 is 18.3 Å². The first-order chi connectivity index (χ1) is 9.51. The maximum atomic E-state index is 12.4. The first kappa shape index (κ1) is 15.0. The lowest BCUT2D eigenvalue weighted by Gasteiger charge is -2.12. The molecule has 0 radical (unpaired) electrons.